The molecule has 106 valence electrons. The van der Waals surface area contributed by atoms with Gasteiger partial charge in [-0.25, -0.2) is 13.1 Å². The van der Waals surface area contributed by atoms with Crippen LogP contribution in [0.3, 0.4) is 0 Å². The molecule has 0 spiro atoms. The second-order valence-corrected chi connectivity index (χ2v) is 6.91. The van der Waals surface area contributed by atoms with Crippen LogP contribution in [0.2, 0.25) is 0 Å². The molecule has 19 heavy (non-hydrogen) atoms. The zero-order valence-electron chi connectivity index (χ0n) is 11.4. The Hall–Kier alpha value is -0.950. The topological polar surface area (TPSA) is 61.4 Å². The van der Waals surface area contributed by atoms with Gasteiger partial charge in [-0.1, -0.05) is 12.1 Å². The lowest BCUT2D eigenvalue weighted by Crippen LogP contribution is -2.36. The third-order valence-electron chi connectivity index (χ3n) is 3.11. The van der Waals surface area contributed by atoms with Crippen molar-refractivity contribution in [2.75, 3.05) is 27.2 Å². The third kappa shape index (κ3) is 4.01. The number of nitrogens with one attached hydrogen (secondary N) is 2. The molecule has 1 heterocycles. The molecule has 0 bridgehead atoms. The number of benzene rings is 1. The third-order valence-corrected chi connectivity index (χ3v) is 4.65. The maximum Gasteiger partial charge on any atom is 0.240 e. The molecule has 2 rings (SSSR count). The van der Waals surface area contributed by atoms with Crippen LogP contribution in [0, 0.1) is 0 Å². The maximum absolute atomic E-state index is 12.2. The van der Waals surface area contributed by atoms with Gasteiger partial charge < -0.3 is 10.2 Å². The Labute approximate surface area is 115 Å². The van der Waals surface area contributed by atoms with Crippen molar-refractivity contribution >= 4 is 10.0 Å². The summed E-state index contributed by atoms with van der Waals surface area (Å²) < 4.78 is 27.1. The van der Waals surface area contributed by atoms with Crippen LogP contribution in [0.15, 0.2) is 29.2 Å². The minimum absolute atomic E-state index is 0.00597. The molecule has 5 nitrogen and oxygen atoms in total. The van der Waals surface area contributed by atoms with Gasteiger partial charge in [-0.15, -0.1) is 0 Å². The second kappa shape index (κ2) is 6.00. The van der Waals surface area contributed by atoms with E-state index >= 15 is 0 Å². The highest BCUT2D eigenvalue weighted by atomic mass is 32.2. The van der Waals surface area contributed by atoms with Gasteiger partial charge in [-0.05, 0) is 44.8 Å². The summed E-state index contributed by atoms with van der Waals surface area (Å²) in [6, 6.07) is 7.07. The quantitative estimate of drug-likeness (QED) is 0.820. The van der Waals surface area contributed by atoms with Crippen LogP contribution in [0.1, 0.15) is 12.0 Å². The fourth-order valence-electron chi connectivity index (χ4n) is 2.18. The summed E-state index contributed by atoms with van der Waals surface area (Å²) >= 11 is 0. The summed E-state index contributed by atoms with van der Waals surface area (Å²) in [5.74, 6) is 0. The van der Waals surface area contributed by atoms with Gasteiger partial charge >= 0.3 is 0 Å². The first-order valence-corrected chi connectivity index (χ1v) is 7.92. The summed E-state index contributed by atoms with van der Waals surface area (Å²) in [4.78, 5) is 2.38. The molecule has 1 aromatic carbocycles. The molecule has 0 amide bonds. The van der Waals surface area contributed by atoms with Crippen molar-refractivity contribution in [3.05, 3.63) is 29.8 Å². The molecular weight excluding hydrogens is 262 g/mol. The Morgan fingerprint density at radius 1 is 1.32 bits per heavy atom. The van der Waals surface area contributed by atoms with Crippen molar-refractivity contribution in [1.82, 2.24) is 14.9 Å². The van der Waals surface area contributed by atoms with Crippen LogP contribution >= 0.6 is 0 Å². The van der Waals surface area contributed by atoms with Crippen molar-refractivity contribution in [1.29, 1.82) is 0 Å². The zero-order chi connectivity index (χ0) is 13.9. The summed E-state index contributed by atoms with van der Waals surface area (Å²) in [6.45, 7) is 2.38. The fraction of sp³-hybridized carbons (Fsp3) is 0.538. The van der Waals surface area contributed by atoms with Crippen molar-refractivity contribution in [2.24, 2.45) is 0 Å². The minimum Gasteiger partial charge on any atom is -0.315 e. The molecular formula is C13H21N3O2S. The minimum atomic E-state index is -3.39. The molecule has 1 aromatic rings. The molecule has 1 fully saturated rings. The van der Waals surface area contributed by atoms with E-state index in [0.29, 0.717) is 11.4 Å². The van der Waals surface area contributed by atoms with Gasteiger partial charge in [0.2, 0.25) is 10.0 Å². The van der Waals surface area contributed by atoms with Crippen molar-refractivity contribution in [3.63, 3.8) is 0 Å². The predicted octanol–water partition coefficient (Wildman–Crippen LogP) is 0.388. The highest BCUT2D eigenvalue weighted by molar-refractivity contribution is 7.89. The lowest BCUT2D eigenvalue weighted by Gasteiger charge is -2.13. The fourth-order valence-corrected chi connectivity index (χ4v) is 3.45. The predicted molar refractivity (Wildman–Crippen MR) is 75.4 cm³/mol. The first-order valence-electron chi connectivity index (χ1n) is 6.44. The molecule has 1 unspecified atom stereocenters. The molecule has 6 heteroatoms. The van der Waals surface area contributed by atoms with E-state index in [2.05, 4.69) is 10.0 Å². The molecule has 1 atom stereocenters. The highest BCUT2D eigenvalue weighted by Crippen LogP contribution is 2.13. The molecule has 0 aliphatic carbocycles. The number of hydrogen-bond donors (Lipinski definition) is 2. The van der Waals surface area contributed by atoms with Crippen LogP contribution in [0.25, 0.3) is 0 Å². The number of hydrogen-bond acceptors (Lipinski definition) is 4. The Bertz CT molecular complexity index is 505. The normalized spacial score (nSPS) is 20.1. The van der Waals surface area contributed by atoms with Gasteiger partial charge in [0.1, 0.15) is 0 Å². The van der Waals surface area contributed by atoms with Gasteiger partial charge in [0.25, 0.3) is 0 Å². The van der Waals surface area contributed by atoms with Crippen LogP contribution in [-0.4, -0.2) is 46.5 Å². The molecule has 1 aliphatic heterocycles. The lowest BCUT2D eigenvalue weighted by molar-refractivity contribution is 0.402. The molecule has 2 N–H and O–H groups in total. The van der Waals surface area contributed by atoms with Crippen LogP contribution < -0.4 is 10.0 Å². The summed E-state index contributed by atoms with van der Waals surface area (Å²) in [5.41, 5.74) is 1.10. The number of rotatable bonds is 5. The molecule has 0 saturated carbocycles. The summed E-state index contributed by atoms with van der Waals surface area (Å²) in [7, 11) is 0.578. The zero-order valence-corrected chi connectivity index (χ0v) is 12.2. The second-order valence-electron chi connectivity index (χ2n) is 5.19. The molecule has 1 aliphatic rings. The average molecular weight is 283 g/mol. The summed E-state index contributed by atoms with van der Waals surface area (Å²) in [5, 5.41) is 3.14. The van der Waals surface area contributed by atoms with Gasteiger partial charge in [0.05, 0.1) is 4.90 Å². The van der Waals surface area contributed by atoms with Crippen LogP contribution in [-0.2, 0) is 16.6 Å². The van der Waals surface area contributed by atoms with Crippen molar-refractivity contribution < 1.29 is 8.42 Å². The van der Waals surface area contributed by atoms with E-state index in [1.807, 2.05) is 31.1 Å². The van der Waals surface area contributed by atoms with E-state index in [-0.39, 0.29) is 6.04 Å². The van der Waals surface area contributed by atoms with E-state index in [9.17, 15) is 8.42 Å². The van der Waals surface area contributed by atoms with Gasteiger partial charge in [-0.2, -0.15) is 0 Å². The molecule has 0 aromatic heterocycles. The first-order chi connectivity index (χ1) is 8.97. The Balaban J connectivity index is 2.07. The van der Waals surface area contributed by atoms with Crippen molar-refractivity contribution in [2.45, 2.75) is 23.9 Å². The van der Waals surface area contributed by atoms with Crippen molar-refractivity contribution in [3.8, 4) is 0 Å². The van der Waals surface area contributed by atoms with Crippen LogP contribution in [0.4, 0.5) is 0 Å². The van der Waals surface area contributed by atoms with Crippen LogP contribution in [0.5, 0.6) is 0 Å². The highest BCUT2D eigenvalue weighted by Gasteiger charge is 2.22. The SMILES string of the molecule is CN(C)Cc1ccc(S(=O)(=O)NC2CCNC2)cc1. The first kappa shape index (κ1) is 14.5. The molecule has 1 saturated heterocycles. The smallest absolute Gasteiger partial charge is 0.240 e. The Morgan fingerprint density at radius 2 is 2.00 bits per heavy atom. The maximum atomic E-state index is 12.2. The van der Waals surface area contributed by atoms with Gasteiger partial charge in [-0.3, -0.25) is 0 Å². The Morgan fingerprint density at radius 3 is 2.53 bits per heavy atom. The van der Waals surface area contributed by atoms with Gasteiger partial charge in [0.15, 0.2) is 0 Å². The molecule has 0 radical (unpaired) electrons. The largest absolute Gasteiger partial charge is 0.315 e. The van der Waals surface area contributed by atoms with E-state index in [0.717, 1.165) is 25.1 Å². The van der Waals surface area contributed by atoms with E-state index in [4.69, 9.17) is 0 Å². The Kier molecular flexibility index (Phi) is 4.57. The number of nitrogens with zero attached hydrogens (tertiary/aromatic N) is 1. The number of sulfonamides is 1. The summed E-state index contributed by atoms with van der Waals surface area (Å²) in [6.07, 6.45) is 0.845. The van der Waals surface area contributed by atoms with E-state index in [1.54, 1.807) is 12.1 Å². The lowest BCUT2D eigenvalue weighted by atomic mass is 10.2. The standard InChI is InChI=1S/C13H21N3O2S/c1-16(2)10-11-3-5-13(6-4-11)19(17,18)15-12-7-8-14-9-12/h3-6,12,14-15H,7-10H2,1-2H3. The monoisotopic (exact) mass is 283 g/mol. The average Bonchev–Trinajstić information content (AvgIpc) is 2.81. The van der Waals surface area contributed by atoms with E-state index in [1.165, 1.54) is 0 Å². The van der Waals surface area contributed by atoms with Gasteiger partial charge in [0, 0.05) is 19.1 Å². The van der Waals surface area contributed by atoms with E-state index < -0.39 is 10.0 Å².